The molecule has 10 heteroatoms. The fourth-order valence-corrected chi connectivity index (χ4v) is 5.50. The Bertz CT molecular complexity index is 1220. The topological polar surface area (TPSA) is 84.3 Å². The Morgan fingerprint density at radius 3 is 2.59 bits per heavy atom. The first-order chi connectivity index (χ1) is 15.3. The van der Waals surface area contributed by atoms with Crippen molar-refractivity contribution in [1.29, 1.82) is 0 Å². The number of nitrogens with zero attached hydrogens (tertiary/aromatic N) is 3. The van der Waals surface area contributed by atoms with Crippen molar-refractivity contribution in [3.63, 3.8) is 0 Å². The van der Waals surface area contributed by atoms with Gasteiger partial charge in [-0.25, -0.2) is 17.5 Å². The van der Waals surface area contributed by atoms with Crippen molar-refractivity contribution in [2.75, 3.05) is 18.4 Å². The van der Waals surface area contributed by atoms with Gasteiger partial charge in [0.2, 0.25) is 15.9 Å². The molecular weight excluding hydrogens is 455 g/mol. The van der Waals surface area contributed by atoms with Crippen molar-refractivity contribution in [2.24, 2.45) is 5.92 Å². The van der Waals surface area contributed by atoms with Crippen LogP contribution >= 0.6 is 11.6 Å². The van der Waals surface area contributed by atoms with E-state index >= 15 is 0 Å². The highest BCUT2D eigenvalue weighted by atomic mass is 35.5. The zero-order valence-corrected chi connectivity index (χ0v) is 18.7. The van der Waals surface area contributed by atoms with Gasteiger partial charge in [0, 0.05) is 30.1 Å². The van der Waals surface area contributed by atoms with E-state index in [2.05, 4.69) is 10.4 Å². The zero-order chi connectivity index (χ0) is 22.7. The van der Waals surface area contributed by atoms with Crippen molar-refractivity contribution >= 4 is 33.3 Å². The molecule has 1 N–H and O–H groups in total. The molecule has 0 radical (unpaired) electrons. The second-order valence-electron chi connectivity index (χ2n) is 7.60. The van der Waals surface area contributed by atoms with Crippen LogP contribution in [0.15, 0.2) is 65.7 Å². The maximum atomic E-state index is 14.0. The minimum absolute atomic E-state index is 0.149. The quantitative estimate of drug-likeness (QED) is 0.587. The third-order valence-corrected chi connectivity index (χ3v) is 7.64. The van der Waals surface area contributed by atoms with Crippen molar-refractivity contribution < 1.29 is 17.6 Å². The summed E-state index contributed by atoms with van der Waals surface area (Å²) in [6.45, 7) is 0.746. The first kappa shape index (κ1) is 22.4. The minimum atomic E-state index is -3.93. The molecule has 0 bridgehead atoms. The normalized spacial score (nSPS) is 15.6. The van der Waals surface area contributed by atoms with Crippen molar-refractivity contribution in [3.8, 4) is 0 Å². The molecule has 1 aliphatic heterocycles. The molecule has 0 saturated carbocycles. The average Bonchev–Trinajstić information content (AvgIpc) is 3.20. The Morgan fingerprint density at radius 2 is 1.88 bits per heavy atom. The number of hydrogen-bond donors (Lipinski definition) is 1. The van der Waals surface area contributed by atoms with Crippen LogP contribution in [0.5, 0.6) is 0 Å². The molecule has 1 aromatic heterocycles. The fraction of sp³-hybridized carbons (Fsp3) is 0.273. The van der Waals surface area contributed by atoms with Gasteiger partial charge in [0.1, 0.15) is 16.5 Å². The van der Waals surface area contributed by atoms with Crippen LogP contribution in [0.4, 0.5) is 10.2 Å². The van der Waals surface area contributed by atoms with E-state index in [1.807, 2.05) is 18.2 Å². The zero-order valence-electron chi connectivity index (χ0n) is 17.1. The van der Waals surface area contributed by atoms with Crippen molar-refractivity contribution in [1.82, 2.24) is 14.1 Å². The molecule has 4 rings (SSSR count). The molecule has 2 aromatic carbocycles. The van der Waals surface area contributed by atoms with Gasteiger partial charge in [-0.1, -0.05) is 35.9 Å². The van der Waals surface area contributed by atoms with Gasteiger partial charge in [-0.05, 0) is 42.7 Å². The average molecular weight is 477 g/mol. The number of hydrogen-bond acceptors (Lipinski definition) is 4. The Hall–Kier alpha value is -2.75. The number of anilines is 1. The first-order valence-corrected chi connectivity index (χ1v) is 12.0. The third kappa shape index (κ3) is 4.85. The van der Waals surface area contributed by atoms with E-state index in [1.165, 1.54) is 22.5 Å². The number of rotatable bonds is 6. The molecule has 2 heterocycles. The summed E-state index contributed by atoms with van der Waals surface area (Å²) in [5.41, 5.74) is 0.948. The summed E-state index contributed by atoms with van der Waals surface area (Å²) in [4.78, 5) is 12.5. The van der Waals surface area contributed by atoms with Crippen molar-refractivity contribution in [3.05, 3.63) is 77.2 Å². The maximum absolute atomic E-state index is 14.0. The van der Waals surface area contributed by atoms with Crippen LogP contribution in [-0.4, -0.2) is 41.5 Å². The molecule has 7 nitrogen and oxygen atoms in total. The third-order valence-electron chi connectivity index (χ3n) is 5.47. The van der Waals surface area contributed by atoms with Crippen LogP contribution in [0.1, 0.15) is 18.4 Å². The van der Waals surface area contributed by atoms with E-state index in [-0.39, 0.29) is 29.8 Å². The van der Waals surface area contributed by atoms with Crippen LogP contribution in [-0.2, 0) is 21.4 Å². The lowest BCUT2D eigenvalue weighted by atomic mass is 9.97. The summed E-state index contributed by atoms with van der Waals surface area (Å²) in [7, 11) is -3.93. The first-order valence-electron chi connectivity index (χ1n) is 10.2. The molecule has 0 atom stereocenters. The summed E-state index contributed by atoms with van der Waals surface area (Å²) in [6, 6.07) is 14.4. The van der Waals surface area contributed by atoms with Gasteiger partial charge in [0.05, 0.1) is 12.7 Å². The number of carbonyl (C=O) groups is 1. The van der Waals surface area contributed by atoms with E-state index < -0.39 is 15.8 Å². The number of halogens is 2. The summed E-state index contributed by atoms with van der Waals surface area (Å²) in [6.07, 6.45) is 2.30. The van der Waals surface area contributed by atoms with E-state index in [0.717, 1.165) is 11.6 Å². The van der Waals surface area contributed by atoms with Gasteiger partial charge < -0.3 is 5.32 Å². The molecule has 1 aliphatic rings. The van der Waals surface area contributed by atoms with Gasteiger partial charge in [0.25, 0.3) is 0 Å². The second kappa shape index (κ2) is 9.40. The highest BCUT2D eigenvalue weighted by Crippen LogP contribution is 2.26. The van der Waals surface area contributed by atoms with Gasteiger partial charge in [-0.3, -0.25) is 4.79 Å². The Balaban J connectivity index is 1.38. The number of carbonyl (C=O) groups excluding carboxylic acids is 1. The highest BCUT2D eigenvalue weighted by molar-refractivity contribution is 7.89. The summed E-state index contributed by atoms with van der Waals surface area (Å²) < 4.78 is 42.4. The number of amides is 1. The maximum Gasteiger partial charge on any atom is 0.245 e. The molecule has 1 saturated heterocycles. The van der Waals surface area contributed by atoms with Crippen LogP contribution < -0.4 is 5.32 Å². The lowest BCUT2D eigenvalue weighted by Crippen LogP contribution is -2.41. The smallest absolute Gasteiger partial charge is 0.245 e. The Morgan fingerprint density at radius 1 is 1.12 bits per heavy atom. The Labute approximate surface area is 190 Å². The number of nitrogens with one attached hydrogen (secondary N) is 1. The summed E-state index contributed by atoms with van der Waals surface area (Å²) in [5.74, 6) is -0.769. The van der Waals surface area contributed by atoms with Gasteiger partial charge in [-0.15, -0.1) is 0 Å². The molecular formula is C22H22ClFN4O3S. The molecule has 1 fully saturated rings. The lowest BCUT2D eigenvalue weighted by molar-refractivity contribution is -0.121. The van der Waals surface area contributed by atoms with E-state index in [4.69, 9.17) is 11.6 Å². The number of benzene rings is 2. The van der Waals surface area contributed by atoms with Crippen molar-refractivity contribution in [2.45, 2.75) is 24.3 Å². The van der Waals surface area contributed by atoms with Gasteiger partial charge in [-0.2, -0.15) is 9.40 Å². The van der Waals surface area contributed by atoms with Gasteiger partial charge >= 0.3 is 0 Å². The standard InChI is InChI=1S/C22H22ClFN4O3S/c23-18-5-3-4-16(14-18)15-28-21(8-11-25-28)26-22(29)17-9-12-27(13-10-17)32(30,31)20-7-2-1-6-19(20)24/h1-8,11,14,17H,9-10,12-13,15H2,(H,26,29). The molecule has 0 aliphatic carbocycles. The fourth-order valence-electron chi connectivity index (χ4n) is 3.75. The largest absolute Gasteiger partial charge is 0.311 e. The Kier molecular flexibility index (Phi) is 6.59. The van der Waals surface area contributed by atoms with Crippen LogP contribution in [0.2, 0.25) is 5.02 Å². The lowest BCUT2D eigenvalue weighted by Gasteiger charge is -2.30. The van der Waals surface area contributed by atoms with E-state index in [1.54, 1.807) is 23.0 Å². The molecule has 0 spiro atoms. The minimum Gasteiger partial charge on any atom is -0.311 e. The van der Waals surface area contributed by atoms with Crippen LogP contribution in [0.25, 0.3) is 0 Å². The highest BCUT2D eigenvalue weighted by Gasteiger charge is 2.33. The summed E-state index contributed by atoms with van der Waals surface area (Å²) in [5, 5.41) is 7.77. The SMILES string of the molecule is O=C(Nc1ccnn1Cc1cccc(Cl)c1)C1CCN(S(=O)(=O)c2ccccc2F)CC1. The molecule has 0 unspecified atom stereocenters. The van der Waals surface area contributed by atoms with E-state index in [9.17, 15) is 17.6 Å². The number of piperidine rings is 1. The van der Waals surface area contributed by atoms with E-state index in [0.29, 0.717) is 30.2 Å². The number of sulfonamides is 1. The number of aromatic nitrogens is 2. The molecule has 168 valence electrons. The summed E-state index contributed by atoms with van der Waals surface area (Å²) >= 11 is 6.04. The van der Waals surface area contributed by atoms with Crippen LogP contribution in [0.3, 0.4) is 0 Å². The molecule has 1 amide bonds. The predicted octanol–water partition coefficient (Wildman–Crippen LogP) is 3.76. The van der Waals surface area contributed by atoms with Gasteiger partial charge in [0.15, 0.2) is 0 Å². The molecule has 32 heavy (non-hydrogen) atoms. The predicted molar refractivity (Wildman–Crippen MR) is 119 cm³/mol. The monoisotopic (exact) mass is 476 g/mol. The molecule has 3 aromatic rings. The van der Waals surface area contributed by atoms with Crippen LogP contribution in [0, 0.1) is 11.7 Å². The second-order valence-corrected chi connectivity index (χ2v) is 9.94.